The van der Waals surface area contributed by atoms with Crippen LogP contribution in [0.1, 0.15) is 58.4 Å². The molecule has 0 saturated heterocycles. The van der Waals surface area contributed by atoms with Gasteiger partial charge in [-0.15, -0.1) is 0 Å². The van der Waals surface area contributed by atoms with Crippen molar-refractivity contribution in [2.24, 2.45) is 11.7 Å². The number of carbonyl (C=O) groups is 10. The van der Waals surface area contributed by atoms with Crippen LogP contribution in [0.25, 0.3) is 0 Å². The first-order chi connectivity index (χ1) is 28.6. The van der Waals surface area contributed by atoms with E-state index < -0.39 is 140 Å². The van der Waals surface area contributed by atoms with Gasteiger partial charge in [-0.3, -0.25) is 43.2 Å². The first kappa shape index (κ1) is 53.6. The molecule has 340 valence electrons. The van der Waals surface area contributed by atoms with Gasteiger partial charge in [0.1, 0.15) is 36.3 Å². The molecule has 24 heteroatoms. The number of thiol groups is 2. The average Bonchev–Trinajstić information content (AvgIpc) is 3.19. The van der Waals surface area contributed by atoms with E-state index in [-0.39, 0.29) is 30.3 Å². The van der Waals surface area contributed by atoms with E-state index in [0.29, 0.717) is 5.56 Å². The van der Waals surface area contributed by atoms with Gasteiger partial charge >= 0.3 is 17.9 Å². The number of nitrogens with two attached hydrogens (primary N) is 1. The first-order valence-electron chi connectivity index (χ1n) is 19.0. The highest BCUT2D eigenvalue weighted by atomic mass is 32.1. The van der Waals surface area contributed by atoms with E-state index >= 15 is 0 Å². The molecule has 0 aromatic heterocycles. The summed E-state index contributed by atoms with van der Waals surface area (Å²) >= 11 is 7.79. The number of aliphatic hydroxyl groups is 1. The molecule has 13 N–H and O–H groups in total. The largest absolute Gasteiger partial charge is 0.481 e. The van der Waals surface area contributed by atoms with E-state index in [1.165, 1.54) is 0 Å². The Labute approximate surface area is 362 Å². The summed E-state index contributed by atoms with van der Waals surface area (Å²) in [5.74, 6) is -11.6. The number of hydrogen-bond acceptors (Lipinski definition) is 14. The van der Waals surface area contributed by atoms with Crippen molar-refractivity contribution in [2.45, 2.75) is 108 Å². The van der Waals surface area contributed by atoms with Crippen molar-refractivity contribution < 1.29 is 68.4 Å². The van der Waals surface area contributed by atoms with Crippen LogP contribution in [0, 0.1) is 5.92 Å². The molecular weight excluding hydrogens is 845 g/mol. The molecule has 7 amide bonds. The van der Waals surface area contributed by atoms with E-state index in [9.17, 15) is 68.4 Å². The number of carbonyl (C=O) groups excluding carboxylic acids is 7. The van der Waals surface area contributed by atoms with E-state index in [0.717, 1.165) is 6.92 Å². The summed E-state index contributed by atoms with van der Waals surface area (Å²) in [7, 11) is 0. The summed E-state index contributed by atoms with van der Waals surface area (Å²) < 4.78 is 0. The predicted molar refractivity (Wildman–Crippen MR) is 223 cm³/mol. The van der Waals surface area contributed by atoms with Gasteiger partial charge in [-0.2, -0.15) is 25.3 Å². The van der Waals surface area contributed by atoms with Crippen LogP contribution in [-0.2, 0) is 54.4 Å². The first-order valence-corrected chi connectivity index (χ1v) is 20.3. The lowest BCUT2D eigenvalue weighted by molar-refractivity contribution is -0.142. The molecule has 0 spiro atoms. The Morgan fingerprint density at radius 1 is 0.607 bits per heavy atom. The summed E-state index contributed by atoms with van der Waals surface area (Å²) in [6.45, 7) is 3.89. The standard InChI is InChI=1S/C37H56N8O14S2/c1-18(2)13-24(34(55)42-23(10-12-29(50)51)33(54)45-30(19(3)46)36(57)44-26(17-61)37(58)59)43-32(53)22(9-11-28(48)49)41-35(56)25(14-20-7-5-4-6-8-20)40-27(47)15-39-31(52)21(38)16-60/h4-8,18-19,21-26,30,46,60-61H,9-17,38H2,1-3H3,(H,39,52)(H,40,47)(H,41,56)(H,42,55)(H,43,53)(H,44,57)(H,45,54)(H,48,49)(H,50,51)(H,58,59)/t19-,21+,22+,23+,24+,25+,26+,30+/m1/s1. The van der Waals surface area contributed by atoms with Crippen LogP contribution >= 0.6 is 25.3 Å². The Morgan fingerprint density at radius 2 is 1.08 bits per heavy atom. The second-order valence-corrected chi connectivity index (χ2v) is 15.0. The molecule has 1 aromatic rings. The number of rotatable bonds is 28. The summed E-state index contributed by atoms with van der Waals surface area (Å²) in [5, 5.41) is 54.6. The van der Waals surface area contributed by atoms with E-state index in [2.05, 4.69) is 62.5 Å². The van der Waals surface area contributed by atoms with Crippen molar-refractivity contribution in [3.8, 4) is 0 Å². The predicted octanol–water partition coefficient (Wildman–Crippen LogP) is -3.32. The molecule has 1 rings (SSSR count). The molecule has 0 radical (unpaired) electrons. The van der Waals surface area contributed by atoms with Crippen molar-refractivity contribution in [1.29, 1.82) is 0 Å². The molecule has 0 aliphatic rings. The molecule has 0 saturated carbocycles. The lowest BCUT2D eigenvalue weighted by Crippen LogP contribution is -2.61. The van der Waals surface area contributed by atoms with Gasteiger partial charge in [-0.25, -0.2) is 4.79 Å². The van der Waals surface area contributed by atoms with Crippen molar-refractivity contribution in [1.82, 2.24) is 37.2 Å². The fourth-order valence-electron chi connectivity index (χ4n) is 5.38. The van der Waals surface area contributed by atoms with Crippen molar-refractivity contribution >= 4 is 84.5 Å². The highest BCUT2D eigenvalue weighted by Crippen LogP contribution is 2.11. The number of carboxylic acids is 3. The van der Waals surface area contributed by atoms with Gasteiger partial charge < -0.3 is 63.4 Å². The molecule has 0 bridgehead atoms. The maximum absolute atomic E-state index is 13.8. The van der Waals surface area contributed by atoms with Crippen LogP contribution in [0.5, 0.6) is 0 Å². The number of hydrogen-bond donors (Lipinski definition) is 14. The number of carboxylic acid groups (broad SMARTS) is 3. The third-order valence-electron chi connectivity index (χ3n) is 8.65. The molecule has 1 aromatic carbocycles. The van der Waals surface area contributed by atoms with Gasteiger partial charge in [-0.05, 0) is 37.7 Å². The van der Waals surface area contributed by atoms with Crippen LogP contribution in [0.2, 0.25) is 0 Å². The lowest BCUT2D eigenvalue weighted by Gasteiger charge is -2.28. The van der Waals surface area contributed by atoms with E-state index in [1.54, 1.807) is 44.2 Å². The second kappa shape index (κ2) is 27.4. The average molecular weight is 901 g/mol. The van der Waals surface area contributed by atoms with Crippen LogP contribution in [0.15, 0.2) is 30.3 Å². The maximum Gasteiger partial charge on any atom is 0.327 e. The van der Waals surface area contributed by atoms with Gasteiger partial charge in [0.2, 0.25) is 41.4 Å². The minimum Gasteiger partial charge on any atom is -0.481 e. The highest BCUT2D eigenvalue weighted by Gasteiger charge is 2.35. The normalized spacial score (nSPS) is 14.9. The van der Waals surface area contributed by atoms with Gasteiger partial charge in [-0.1, -0.05) is 44.2 Å². The van der Waals surface area contributed by atoms with Crippen LogP contribution in [0.4, 0.5) is 0 Å². The Hall–Kier alpha value is -5.46. The monoisotopic (exact) mass is 900 g/mol. The third kappa shape index (κ3) is 20.6. The zero-order valence-electron chi connectivity index (χ0n) is 33.8. The quantitative estimate of drug-likeness (QED) is 0.0366. The van der Waals surface area contributed by atoms with Gasteiger partial charge in [0.05, 0.1) is 18.7 Å². The van der Waals surface area contributed by atoms with Gasteiger partial charge in [0, 0.05) is 30.8 Å². The van der Waals surface area contributed by atoms with Crippen molar-refractivity contribution in [3.05, 3.63) is 35.9 Å². The summed E-state index contributed by atoms with van der Waals surface area (Å²) in [4.78, 5) is 127. The van der Waals surface area contributed by atoms with E-state index in [4.69, 9.17) is 5.73 Å². The SMILES string of the molecule is CC(C)C[C@H](NC(=O)[C@H](CCC(=O)O)NC(=O)[C@H](Cc1ccccc1)NC(=O)CNC(=O)[C@@H](N)CS)C(=O)N[C@@H](CCC(=O)O)C(=O)N[C@H](C(=O)N[C@@H](CS)C(=O)O)[C@@H](C)O. The lowest BCUT2D eigenvalue weighted by atomic mass is 10.0. The Bertz CT molecular complexity index is 1700. The number of nitrogens with one attached hydrogen (secondary N) is 7. The zero-order valence-corrected chi connectivity index (χ0v) is 35.6. The Morgan fingerprint density at radius 3 is 1.54 bits per heavy atom. The molecule has 0 unspecified atom stereocenters. The molecule has 0 fully saturated rings. The number of aliphatic hydroxyl groups excluding tert-OH is 1. The zero-order chi connectivity index (χ0) is 46.4. The summed E-state index contributed by atoms with van der Waals surface area (Å²) in [6.07, 6.45) is -4.16. The van der Waals surface area contributed by atoms with E-state index in [1.807, 2.05) is 0 Å². The van der Waals surface area contributed by atoms with Gasteiger partial charge in [0.25, 0.3) is 0 Å². The third-order valence-corrected chi connectivity index (χ3v) is 9.41. The van der Waals surface area contributed by atoms with Crippen LogP contribution in [0.3, 0.4) is 0 Å². The molecular formula is C37H56N8O14S2. The molecule has 0 aliphatic heterocycles. The summed E-state index contributed by atoms with van der Waals surface area (Å²) in [5.41, 5.74) is 6.20. The topological polar surface area (TPSA) is 362 Å². The Kier molecular flexibility index (Phi) is 24.1. The molecule has 22 nitrogen and oxygen atoms in total. The highest BCUT2D eigenvalue weighted by molar-refractivity contribution is 7.80. The number of aliphatic carboxylic acids is 3. The number of benzene rings is 1. The van der Waals surface area contributed by atoms with Crippen molar-refractivity contribution in [2.75, 3.05) is 18.1 Å². The van der Waals surface area contributed by atoms with Crippen molar-refractivity contribution in [3.63, 3.8) is 0 Å². The smallest absolute Gasteiger partial charge is 0.327 e. The fraction of sp³-hybridized carbons (Fsp3) is 0.568. The molecule has 8 atom stereocenters. The molecule has 0 heterocycles. The van der Waals surface area contributed by atoms with Crippen LogP contribution in [-0.4, -0.2) is 146 Å². The summed E-state index contributed by atoms with van der Waals surface area (Å²) in [6, 6.07) is -2.06. The molecule has 61 heavy (non-hydrogen) atoms. The molecule has 0 aliphatic carbocycles. The van der Waals surface area contributed by atoms with Gasteiger partial charge in [0.15, 0.2) is 0 Å². The Balaban J connectivity index is 3.40. The number of amides is 7. The fourth-order valence-corrected chi connectivity index (χ4v) is 5.80. The van der Waals surface area contributed by atoms with Crippen LogP contribution < -0.4 is 43.0 Å². The second-order valence-electron chi connectivity index (χ2n) is 14.3. The minimum atomic E-state index is -1.77. The maximum atomic E-state index is 13.8. The minimum absolute atomic E-state index is 0.00774.